The van der Waals surface area contributed by atoms with Gasteiger partial charge in [0.2, 0.25) is 5.91 Å². The summed E-state index contributed by atoms with van der Waals surface area (Å²) in [6.07, 6.45) is 0.514. The molecule has 1 aliphatic heterocycles. The van der Waals surface area contributed by atoms with Crippen molar-refractivity contribution in [3.63, 3.8) is 0 Å². The van der Waals surface area contributed by atoms with Crippen LogP contribution in [0.1, 0.15) is 20.3 Å². The fourth-order valence-electron chi connectivity index (χ4n) is 4.36. The Bertz CT molecular complexity index is 1180. The van der Waals surface area contributed by atoms with E-state index in [1.54, 1.807) is 11.9 Å². The average molecular weight is 414 g/mol. The van der Waals surface area contributed by atoms with Gasteiger partial charge in [0, 0.05) is 47.1 Å². The van der Waals surface area contributed by atoms with Gasteiger partial charge in [-0.25, -0.2) is 8.42 Å². The maximum absolute atomic E-state index is 12.8. The van der Waals surface area contributed by atoms with Crippen LogP contribution in [-0.2, 0) is 21.2 Å². The molecule has 7 heteroatoms. The van der Waals surface area contributed by atoms with Gasteiger partial charge in [-0.1, -0.05) is 18.2 Å². The standard InChI is InChI=1S/C22H27N3O3S/c1-4-25-20-8-6-5-7-18(20)19-13-16(9-10-21(19)25)23-15(2)22(26)24(3)17-11-12-29(27,28)14-17/h5-10,13,15,17,23H,4,11-12,14H2,1-3H3/t15-,17-/m1/s1. The van der Waals surface area contributed by atoms with Gasteiger partial charge in [0.25, 0.3) is 0 Å². The van der Waals surface area contributed by atoms with Crippen LogP contribution < -0.4 is 5.32 Å². The van der Waals surface area contributed by atoms with Crippen molar-refractivity contribution in [2.24, 2.45) is 0 Å². The van der Waals surface area contributed by atoms with Crippen molar-refractivity contribution in [2.75, 3.05) is 23.9 Å². The molecule has 0 unspecified atom stereocenters. The van der Waals surface area contributed by atoms with E-state index in [9.17, 15) is 13.2 Å². The molecule has 1 amide bonds. The number of nitrogens with one attached hydrogen (secondary N) is 1. The third-order valence-corrected chi connectivity index (χ3v) is 7.70. The number of likely N-dealkylation sites (N-methyl/N-ethyl adjacent to an activating group) is 1. The van der Waals surface area contributed by atoms with Gasteiger partial charge in [0.15, 0.2) is 9.84 Å². The molecule has 0 spiro atoms. The molecule has 0 saturated carbocycles. The van der Waals surface area contributed by atoms with E-state index in [1.165, 1.54) is 16.4 Å². The van der Waals surface area contributed by atoms with Crippen molar-refractivity contribution in [1.29, 1.82) is 0 Å². The van der Waals surface area contributed by atoms with E-state index < -0.39 is 15.9 Å². The predicted molar refractivity (Wildman–Crippen MR) is 118 cm³/mol. The molecular weight excluding hydrogens is 386 g/mol. The number of benzene rings is 2. The molecule has 2 aromatic carbocycles. The lowest BCUT2D eigenvalue weighted by molar-refractivity contribution is -0.132. The number of anilines is 1. The van der Waals surface area contributed by atoms with Crippen molar-refractivity contribution in [1.82, 2.24) is 9.47 Å². The molecule has 154 valence electrons. The topological polar surface area (TPSA) is 71.4 Å². The number of hydrogen-bond acceptors (Lipinski definition) is 4. The summed E-state index contributed by atoms with van der Waals surface area (Å²) in [5.74, 6) is 0.128. The lowest BCUT2D eigenvalue weighted by Gasteiger charge is -2.27. The number of carbonyl (C=O) groups excluding carboxylic acids is 1. The van der Waals surface area contributed by atoms with Crippen LogP contribution in [0.2, 0.25) is 0 Å². The number of aryl methyl sites for hydroxylation is 1. The maximum Gasteiger partial charge on any atom is 0.244 e. The molecule has 0 bridgehead atoms. The number of rotatable bonds is 5. The van der Waals surface area contributed by atoms with Gasteiger partial charge in [-0.15, -0.1) is 0 Å². The van der Waals surface area contributed by atoms with Gasteiger partial charge in [-0.3, -0.25) is 4.79 Å². The number of aromatic nitrogens is 1. The van der Waals surface area contributed by atoms with Gasteiger partial charge in [0.1, 0.15) is 6.04 Å². The molecule has 3 aromatic rings. The van der Waals surface area contributed by atoms with E-state index in [0.717, 1.165) is 17.6 Å². The quantitative estimate of drug-likeness (QED) is 0.697. The van der Waals surface area contributed by atoms with Crippen LogP contribution in [0.3, 0.4) is 0 Å². The van der Waals surface area contributed by atoms with E-state index in [1.807, 2.05) is 25.1 Å². The molecule has 1 saturated heterocycles. The molecule has 1 N–H and O–H groups in total. The fourth-order valence-corrected chi connectivity index (χ4v) is 6.14. The van der Waals surface area contributed by atoms with Crippen LogP contribution in [0.25, 0.3) is 21.8 Å². The van der Waals surface area contributed by atoms with E-state index in [2.05, 4.69) is 41.1 Å². The molecule has 0 radical (unpaired) electrons. The summed E-state index contributed by atoms with van der Waals surface area (Å²) in [5, 5.41) is 5.65. The molecule has 1 aromatic heterocycles. The lowest BCUT2D eigenvalue weighted by atomic mass is 10.1. The number of nitrogens with zero attached hydrogens (tertiary/aromatic N) is 2. The van der Waals surface area contributed by atoms with E-state index in [4.69, 9.17) is 0 Å². The van der Waals surface area contributed by atoms with Crippen molar-refractivity contribution in [2.45, 2.75) is 38.9 Å². The number of fused-ring (bicyclic) bond motifs is 3. The summed E-state index contributed by atoms with van der Waals surface area (Å²) in [4.78, 5) is 14.4. The number of carbonyl (C=O) groups is 1. The average Bonchev–Trinajstić information content (AvgIpc) is 3.23. The highest BCUT2D eigenvalue weighted by atomic mass is 32.2. The third-order valence-electron chi connectivity index (χ3n) is 5.95. The van der Waals surface area contributed by atoms with Crippen molar-refractivity contribution in [3.05, 3.63) is 42.5 Å². The summed E-state index contributed by atoms with van der Waals surface area (Å²) >= 11 is 0. The first-order chi connectivity index (χ1) is 13.8. The van der Waals surface area contributed by atoms with Crippen molar-refractivity contribution in [3.8, 4) is 0 Å². The summed E-state index contributed by atoms with van der Waals surface area (Å²) in [6, 6.07) is 13.8. The SMILES string of the molecule is CCn1c2ccccc2c2cc(N[C@H](C)C(=O)N(C)[C@@H]3CCS(=O)(=O)C3)ccc21. The van der Waals surface area contributed by atoms with Gasteiger partial charge >= 0.3 is 0 Å². The van der Waals surface area contributed by atoms with Crippen LogP contribution in [-0.4, -0.2) is 54.4 Å². The summed E-state index contributed by atoms with van der Waals surface area (Å²) < 4.78 is 25.8. The van der Waals surface area contributed by atoms with Gasteiger partial charge < -0.3 is 14.8 Å². The van der Waals surface area contributed by atoms with E-state index >= 15 is 0 Å². The molecule has 1 aliphatic rings. The molecule has 4 rings (SSSR count). The van der Waals surface area contributed by atoms with E-state index in [0.29, 0.717) is 6.42 Å². The number of amides is 1. The zero-order valence-corrected chi connectivity index (χ0v) is 17.9. The number of sulfone groups is 1. The summed E-state index contributed by atoms with van der Waals surface area (Å²) in [7, 11) is -1.32. The minimum absolute atomic E-state index is 0.0600. The molecular formula is C22H27N3O3S. The van der Waals surface area contributed by atoms with Crippen molar-refractivity contribution < 1.29 is 13.2 Å². The zero-order valence-electron chi connectivity index (χ0n) is 17.1. The van der Waals surface area contributed by atoms with Crippen LogP contribution in [0, 0.1) is 0 Å². The molecule has 2 heterocycles. The first-order valence-electron chi connectivity index (χ1n) is 10.1. The van der Waals surface area contributed by atoms with Crippen LogP contribution in [0.4, 0.5) is 5.69 Å². The van der Waals surface area contributed by atoms with Gasteiger partial charge in [0.05, 0.1) is 11.5 Å². The Morgan fingerprint density at radius 2 is 1.93 bits per heavy atom. The first kappa shape index (κ1) is 19.8. The highest BCUT2D eigenvalue weighted by Crippen LogP contribution is 2.31. The first-order valence-corrected chi connectivity index (χ1v) is 11.9. The number of hydrogen-bond donors (Lipinski definition) is 1. The van der Waals surface area contributed by atoms with Gasteiger partial charge in [-0.2, -0.15) is 0 Å². The van der Waals surface area contributed by atoms with Crippen LogP contribution >= 0.6 is 0 Å². The summed E-state index contributed by atoms with van der Waals surface area (Å²) in [6.45, 7) is 4.85. The van der Waals surface area contributed by atoms with Crippen LogP contribution in [0.15, 0.2) is 42.5 Å². The smallest absolute Gasteiger partial charge is 0.244 e. The maximum atomic E-state index is 12.8. The Labute approximate surface area is 171 Å². The Kier molecular flexibility index (Phi) is 5.02. The Morgan fingerprint density at radius 3 is 2.62 bits per heavy atom. The lowest BCUT2D eigenvalue weighted by Crippen LogP contribution is -2.45. The molecule has 29 heavy (non-hydrogen) atoms. The van der Waals surface area contributed by atoms with Gasteiger partial charge in [-0.05, 0) is 44.5 Å². The molecule has 1 fully saturated rings. The molecule has 6 nitrogen and oxygen atoms in total. The predicted octanol–water partition coefficient (Wildman–Crippen LogP) is 3.26. The van der Waals surface area contributed by atoms with E-state index in [-0.39, 0.29) is 23.5 Å². The second kappa shape index (κ2) is 7.37. The zero-order chi connectivity index (χ0) is 20.8. The second-order valence-corrected chi connectivity index (χ2v) is 10.1. The number of para-hydroxylation sites is 1. The third kappa shape index (κ3) is 3.59. The Morgan fingerprint density at radius 1 is 1.21 bits per heavy atom. The molecule has 2 atom stereocenters. The second-order valence-electron chi connectivity index (χ2n) is 7.87. The fraction of sp³-hybridized carbons (Fsp3) is 0.409. The largest absolute Gasteiger partial charge is 0.374 e. The normalized spacial score (nSPS) is 19.5. The summed E-state index contributed by atoms with van der Waals surface area (Å²) in [5.41, 5.74) is 3.25. The molecule has 0 aliphatic carbocycles. The minimum atomic E-state index is -3.02. The highest BCUT2D eigenvalue weighted by molar-refractivity contribution is 7.91. The monoisotopic (exact) mass is 413 g/mol. The van der Waals surface area contributed by atoms with Crippen molar-refractivity contribution >= 4 is 43.2 Å². The Hall–Kier alpha value is -2.54. The van der Waals surface area contributed by atoms with Crippen LogP contribution in [0.5, 0.6) is 0 Å². The minimum Gasteiger partial charge on any atom is -0.374 e. The highest BCUT2D eigenvalue weighted by Gasteiger charge is 2.34. The Balaban J connectivity index is 1.57.